The Kier molecular flexibility index (Phi) is 6.95. The van der Waals surface area contributed by atoms with Crippen molar-refractivity contribution in [2.24, 2.45) is 0 Å². The molecule has 0 unspecified atom stereocenters. The second-order valence-corrected chi connectivity index (χ2v) is 11.1. The molecule has 0 N–H and O–H groups in total. The van der Waals surface area contributed by atoms with Gasteiger partial charge in [0.1, 0.15) is 5.58 Å². The van der Waals surface area contributed by atoms with Crippen LogP contribution in [0.15, 0.2) is 63.9 Å². The Morgan fingerprint density at radius 3 is 2.45 bits per heavy atom. The van der Waals surface area contributed by atoms with E-state index in [1.54, 1.807) is 50.2 Å². The van der Waals surface area contributed by atoms with E-state index in [-0.39, 0.29) is 16.4 Å². The summed E-state index contributed by atoms with van der Waals surface area (Å²) >= 11 is 0. The molecular formula is C28H28N2O7S. The number of hydrogen-bond donors (Lipinski definition) is 0. The second kappa shape index (κ2) is 10.2. The van der Waals surface area contributed by atoms with Gasteiger partial charge in [0.15, 0.2) is 6.61 Å². The van der Waals surface area contributed by atoms with Gasteiger partial charge in [-0.1, -0.05) is 24.3 Å². The molecule has 5 rings (SSSR count). The highest BCUT2D eigenvalue weighted by Gasteiger charge is 2.27. The Morgan fingerprint density at radius 2 is 1.71 bits per heavy atom. The van der Waals surface area contributed by atoms with E-state index in [0.29, 0.717) is 54.4 Å². The van der Waals surface area contributed by atoms with Crippen LogP contribution in [0.4, 0.5) is 0 Å². The number of benzene rings is 2. The Bertz CT molecular complexity index is 1640. The van der Waals surface area contributed by atoms with Crippen LogP contribution >= 0.6 is 0 Å². The Hall–Kier alpha value is -3.73. The minimum absolute atomic E-state index is 0.0720. The zero-order valence-corrected chi connectivity index (χ0v) is 22.2. The number of sulfonamides is 1. The molecule has 0 bridgehead atoms. The standard InChI is InChI=1S/C28H28N2O7S/c1-18-15-24(25(31)17-36-28(32)27-19(2)23-9-4-5-10-26(23)37-27)20(3)30(18)21-7-6-8-22(16-21)38(33,34)29-11-13-35-14-12-29/h4-10,15-16H,11-14,17H2,1-3H3. The molecule has 0 saturated carbocycles. The average Bonchev–Trinajstić information content (AvgIpc) is 3.43. The number of Topliss-reactive ketones (excluding diaryl/α,β-unsaturated/α-hetero) is 1. The fourth-order valence-electron chi connectivity index (χ4n) is 4.80. The number of para-hydroxylation sites is 1. The molecule has 1 saturated heterocycles. The van der Waals surface area contributed by atoms with Gasteiger partial charge in [-0.2, -0.15) is 4.31 Å². The van der Waals surface area contributed by atoms with Crippen LogP contribution in [0.1, 0.15) is 37.9 Å². The van der Waals surface area contributed by atoms with Gasteiger partial charge >= 0.3 is 5.97 Å². The van der Waals surface area contributed by atoms with E-state index in [0.717, 1.165) is 11.1 Å². The van der Waals surface area contributed by atoms with Gasteiger partial charge in [0.2, 0.25) is 21.6 Å². The van der Waals surface area contributed by atoms with Crippen LogP contribution in [0.2, 0.25) is 0 Å². The number of esters is 1. The number of fused-ring (bicyclic) bond motifs is 1. The number of morpholine rings is 1. The van der Waals surface area contributed by atoms with Crippen molar-refractivity contribution in [3.05, 3.63) is 82.9 Å². The third-order valence-corrected chi connectivity index (χ3v) is 8.67. The molecule has 9 nitrogen and oxygen atoms in total. The van der Waals surface area contributed by atoms with Crippen LogP contribution in [0.3, 0.4) is 0 Å². The van der Waals surface area contributed by atoms with E-state index in [9.17, 15) is 18.0 Å². The maximum Gasteiger partial charge on any atom is 0.375 e. The lowest BCUT2D eigenvalue weighted by Crippen LogP contribution is -2.40. The van der Waals surface area contributed by atoms with Crippen molar-refractivity contribution in [1.29, 1.82) is 0 Å². The van der Waals surface area contributed by atoms with Crippen molar-refractivity contribution in [1.82, 2.24) is 8.87 Å². The smallest absolute Gasteiger partial charge is 0.375 e. The number of hydrogen-bond acceptors (Lipinski definition) is 7. The van der Waals surface area contributed by atoms with E-state index in [1.807, 2.05) is 29.7 Å². The zero-order chi connectivity index (χ0) is 27.0. The molecule has 1 aliphatic rings. The third kappa shape index (κ3) is 4.66. The number of ketones is 1. The molecule has 2 aromatic carbocycles. The summed E-state index contributed by atoms with van der Waals surface area (Å²) in [6.45, 7) is 6.25. The number of furan rings is 1. The summed E-state index contributed by atoms with van der Waals surface area (Å²) < 4.78 is 45.8. The highest BCUT2D eigenvalue weighted by molar-refractivity contribution is 7.89. The molecule has 2 aromatic heterocycles. The van der Waals surface area contributed by atoms with E-state index in [1.165, 1.54) is 4.31 Å². The lowest BCUT2D eigenvalue weighted by molar-refractivity contribution is 0.0445. The number of carbonyl (C=O) groups is 2. The first-order valence-corrected chi connectivity index (χ1v) is 13.7. The van der Waals surface area contributed by atoms with E-state index in [2.05, 4.69) is 0 Å². The summed E-state index contributed by atoms with van der Waals surface area (Å²) in [6.07, 6.45) is 0. The van der Waals surface area contributed by atoms with Gasteiger partial charge in [-0.15, -0.1) is 0 Å². The second-order valence-electron chi connectivity index (χ2n) is 9.19. The Morgan fingerprint density at radius 1 is 0.974 bits per heavy atom. The van der Waals surface area contributed by atoms with Gasteiger partial charge in [-0.3, -0.25) is 4.79 Å². The molecule has 0 aliphatic carbocycles. The lowest BCUT2D eigenvalue weighted by Gasteiger charge is -2.26. The van der Waals surface area contributed by atoms with Crippen molar-refractivity contribution in [3.63, 3.8) is 0 Å². The quantitative estimate of drug-likeness (QED) is 0.257. The molecule has 1 aliphatic heterocycles. The summed E-state index contributed by atoms with van der Waals surface area (Å²) in [7, 11) is -3.68. The van der Waals surface area contributed by atoms with Crippen molar-refractivity contribution in [2.45, 2.75) is 25.7 Å². The van der Waals surface area contributed by atoms with Crippen molar-refractivity contribution in [3.8, 4) is 5.69 Å². The van der Waals surface area contributed by atoms with Crippen LogP contribution < -0.4 is 0 Å². The summed E-state index contributed by atoms with van der Waals surface area (Å²) in [4.78, 5) is 25.9. The van der Waals surface area contributed by atoms with Crippen LogP contribution in [0.5, 0.6) is 0 Å². The van der Waals surface area contributed by atoms with Crippen molar-refractivity contribution >= 4 is 32.7 Å². The molecule has 0 radical (unpaired) electrons. The molecule has 0 amide bonds. The normalized spacial score (nSPS) is 14.6. The first-order valence-electron chi connectivity index (χ1n) is 12.2. The molecule has 198 valence electrons. The molecule has 38 heavy (non-hydrogen) atoms. The molecule has 0 spiro atoms. The van der Waals surface area contributed by atoms with E-state index >= 15 is 0 Å². The minimum atomic E-state index is -3.68. The van der Waals surface area contributed by atoms with Gasteiger partial charge in [0.05, 0.1) is 18.1 Å². The van der Waals surface area contributed by atoms with Crippen LogP contribution in [-0.4, -0.2) is 62.0 Å². The zero-order valence-electron chi connectivity index (χ0n) is 21.4. The van der Waals surface area contributed by atoms with Gasteiger partial charge in [-0.05, 0) is 51.1 Å². The third-order valence-electron chi connectivity index (χ3n) is 6.78. The predicted molar refractivity (Wildman–Crippen MR) is 140 cm³/mol. The number of ether oxygens (including phenoxy) is 2. The first-order chi connectivity index (χ1) is 18.2. The predicted octanol–water partition coefficient (Wildman–Crippen LogP) is 4.21. The maximum atomic E-state index is 13.2. The minimum Gasteiger partial charge on any atom is -0.451 e. The fourth-order valence-corrected chi connectivity index (χ4v) is 6.25. The van der Waals surface area contributed by atoms with Crippen molar-refractivity contribution in [2.75, 3.05) is 32.9 Å². The summed E-state index contributed by atoms with van der Waals surface area (Å²) in [5, 5.41) is 0.812. The monoisotopic (exact) mass is 536 g/mol. The largest absolute Gasteiger partial charge is 0.451 e. The SMILES string of the molecule is Cc1c(C(=O)OCC(=O)c2cc(C)n(-c3cccc(S(=O)(=O)N4CCOCC4)c3)c2C)oc2ccccc12. The van der Waals surface area contributed by atoms with Gasteiger partial charge < -0.3 is 18.5 Å². The molecule has 4 aromatic rings. The highest BCUT2D eigenvalue weighted by atomic mass is 32.2. The van der Waals surface area contributed by atoms with E-state index in [4.69, 9.17) is 13.9 Å². The van der Waals surface area contributed by atoms with Crippen LogP contribution in [0, 0.1) is 20.8 Å². The molecule has 0 atom stereocenters. The fraction of sp³-hybridized carbons (Fsp3) is 0.286. The highest BCUT2D eigenvalue weighted by Crippen LogP contribution is 2.27. The first kappa shape index (κ1) is 25.9. The number of carbonyl (C=O) groups excluding carboxylic acids is 2. The lowest BCUT2D eigenvalue weighted by atomic mass is 10.1. The maximum absolute atomic E-state index is 13.2. The topological polar surface area (TPSA) is 108 Å². The van der Waals surface area contributed by atoms with E-state index < -0.39 is 22.6 Å². The number of aryl methyl sites for hydroxylation is 2. The Balaban J connectivity index is 1.36. The number of nitrogens with zero attached hydrogens (tertiary/aromatic N) is 2. The van der Waals surface area contributed by atoms with Crippen molar-refractivity contribution < 1.29 is 31.9 Å². The molecule has 1 fully saturated rings. The van der Waals surface area contributed by atoms with Crippen LogP contribution in [0.25, 0.3) is 16.7 Å². The summed E-state index contributed by atoms with van der Waals surface area (Å²) in [6, 6.07) is 15.6. The number of rotatable bonds is 7. The molecule has 3 heterocycles. The Labute approximate surface area is 220 Å². The number of aromatic nitrogens is 1. The van der Waals surface area contributed by atoms with Gasteiger partial charge in [0.25, 0.3) is 0 Å². The molecule has 10 heteroatoms. The summed E-state index contributed by atoms with van der Waals surface area (Å²) in [5.41, 5.74) is 3.59. The summed E-state index contributed by atoms with van der Waals surface area (Å²) in [5.74, 6) is -1.01. The average molecular weight is 537 g/mol. The molecular weight excluding hydrogens is 508 g/mol. The van der Waals surface area contributed by atoms with Gasteiger partial charge in [-0.25, -0.2) is 13.2 Å². The van der Waals surface area contributed by atoms with Gasteiger partial charge in [0, 0.05) is 46.7 Å². The van der Waals surface area contributed by atoms with Crippen LogP contribution in [-0.2, 0) is 19.5 Å².